The number of hydrogen-bond donors (Lipinski definition) is 0. The molecule has 1 aliphatic heterocycles. The molecule has 122 valence electrons. The van der Waals surface area contributed by atoms with E-state index in [4.69, 9.17) is 4.74 Å². The molecule has 0 unspecified atom stereocenters. The number of esters is 1. The molecule has 3 nitrogen and oxygen atoms in total. The first-order chi connectivity index (χ1) is 10.5. The second kappa shape index (κ2) is 7.63. The Morgan fingerprint density at radius 1 is 1.27 bits per heavy atom. The molecule has 1 atom stereocenters. The third-order valence-corrected chi connectivity index (χ3v) is 3.95. The number of likely N-dealkylation sites (tertiary alicyclic amines) is 1. The van der Waals surface area contributed by atoms with Crippen LogP contribution in [-0.2, 0) is 16.1 Å². The largest absolute Gasteiger partial charge is 0.466 e. The Labute approximate surface area is 128 Å². The van der Waals surface area contributed by atoms with E-state index < -0.39 is 17.5 Å². The van der Waals surface area contributed by atoms with Crippen LogP contribution in [0.3, 0.4) is 0 Å². The van der Waals surface area contributed by atoms with Crippen LogP contribution in [0.2, 0.25) is 0 Å². The number of rotatable bonds is 5. The van der Waals surface area contributed by atoms with Crippen molar-refractivity contribution in [1.29, 1.82) is 0 Å². The smallest absolute Gasteiger partial charge is 0.307 e. The van der Waals surface area contributed by atoms with Gasteiger partial charge in [-0.1, -0.05) is 12.5 Å². The van der Waals surface area contributed by atoms with Crippen molar-refractivity contribution in [2.75, 3.05) is 13.2 Å². The van der Waals surface area contributed by atoms with Crippen molar-refractivity contribution in [3.05, 3.63) is 35.1 Å². The van der Waals surface area contributed by atoms with Gasteiger partial charge in [0.15, 0.2) is 17.5 Å². The number of carbonyl (C=O) groups excluding carboxylic acids is 1. The first-order valence-electron chi connectivity index (χ1n) is 7.55. The van der Waals surface area contributed by atoms with Gasteiger partial charge >= 0.3 is 5.97 Å². The maximum atomic E-state index is 13.8. The molecule has 1 heterocycles. The van der Waals surface area contributed by atoms with Crippen LogP contribution in [0.15, 0.2) is 12.1 Å². The summed E-state index contributed by atoms with van der Waals surface area (Å²) < 4.78 is 45.0. The summed E-state index contributed by atoms with van der Waals surface area (Å²) in [7, 11) is 0. The van der Waals surface area contributed by atoms with E-state index in [1.807, 2.05) is 4.90 Å². The van der Waals surface area contributed by atoms with E-state index in [1.165, 1.54) is 6.07 Å². The highest BCUT2D eigenvalue weighted by Crippen LogP contribution is 2.24. The van der Waals surface area contributed by atoms with Gasteiger partial charge in [-0.05, 0) is 32.4 Å². The van der Waals surface area contributed by atoms with E-state index in [0.29, 0.717) is 13.2 Å². The molecule has 1 aliphatic rings. The van der Waals surface area contributed by atoms with Gasteiger partial charge in [-0.2, -0.15) is 0 Å². The van der Waals surface area contributed by atoms with Gasteiger partial charge in [0, 0.05) is 18.2 Å². The fourth-order valence-electron chi connectivity index (χ4n) is 2.82. The fraction of sp³-hybridized carbons (Fsp3) is 0.562. The van der Waals surface area contributed by atoms with Crippen molar-refractivity contribution < 1.29 is 22.7 Å². The van der Waals surface area contributed by atoms with Gasteiger partial charge in [0.05, 0.1) is 13.0 Å². The molecule has 1 saturated heterocycles. The minimum Gasteiger partial charge on any atom is -0.466 e. The monoisotopic (exact) mass is 315 g/mol. The number of carbonyl (C=O) groups is 1. The lowest BCUT2D eigenvalue weighted by Gasteiger charge is -2.35. The van der Waals surface area contributed by atoms with E-state index in [1.54, 1.807) is 6.92 Å². The molecule has 0 spiro atoms. The Morgan fingerprint density at radius 3 is 2.77 bits per heavy atom. The highest BCUT2D eigenvalue weighted by atomic mass is 19.2. The summed E-state index contributed by atoms with van der Waals surface area (Å²) in [4.78, 5) is 13.6. The zero-order valence-electron chi connectivity index (χ0n) is 12.6. The van der Waals surface area contributed by atoms with E-state index in [9.17, 15) is 18.0 Å². The Morgan fingerprint density at radius 2 is 2.05 bits per heavy atom. The van der Waals surface area contributed by atoms with Crippen molar-refractivity contribution in [2.24, 2.45) is 0 Å². The molecule has 0 aromatic heterocycles. The van der Waals surface area contributed by atoms with E-state index in [2.05, 4.69) is 0 Å². The minimum atomic E-state index is -1.45. The van der Waals surface area contributed by atoms with Gasteiger partial charge < -0.3 is 4.74 Å². The molecular formula is C16H20F3NO2. The van der Waals surface area contributed by atoms with Crippen LogP contribution in [0.4, 0.5) is 13.2 Å². The SMILES string of the molecule is CCOC(=O)C[C@@H]1CCCCN1Cc1ccc(F)c(F)c1F. The number of halogens is 3. The van der Waals surface area contributed by atoms with Gasteiger partial charge in [-0.25, -0.2) is 13.2 Å². The maximum absolute atomic E-state index is 13.8. The molecule has 0 bridgehead atoms. The number of benzene rings is 1. The molecule has 0 radical (unpaired) electrons. The summed E-state index contributed by atoms with van der Waals surface area (Å²) >= 11 is 0. The molecule has 0 aliphatic carbocycles. The quantitative estimate of drug-likeness (QED) is 0.616. The first kappa shape index (κ1) is 16.8. The molecule has 22 heavy (non-hydrogen) atoms. The van der Waals surface area contributed by atoms with Crippen LogP contribution in [0.25, 0.3) is 0 Å². The van der Waals surface area contributed by atoms with Crippen LogP contribution < -0.4 is 0 Å². The summed E-state index contributed by atoms with van der Waals surface area (Å²) in [6, 6.07) is 2.13. The summed E-state index contributed by atoms with van der Waals surface area (Å²) in [5.74, 6) is -4.08. The van der Waals surface area contributed by atoms with E-state index >= 15 is 0 Å². The van der Waals surface area contributed by atoms with E-state index in [0.717, 1.165) is 25.3 Å². The van der Waals surface area contributed by atoms with Crippen LogP contribution >= 0.6 is 0 Å². The molecule has 1 fully saturated rings. The average molecular weight is 315 g/mol. The van der Waals surface area contributed by atoms with Crippen LogP contribution in [0.1, 0.15) is 38.2 Å². The highest BCUT2D eigenvalue weighted by molar-refractivity contribution is 5.70. The van der Waals surface area contributed by atoms with Crippen LogP contribution in [-0.4, -0.2) is 30.1 Å². The van der Waals surface area contributed by atoms with Crippen molar-refractivity contribution in [3.63, 3.8) is 0 Å². The maximum Gasteiger partial charge on any atom is 0.307 e. The lowest BCUT2D eigenvalue weighted by Crippen LogP contribution is -2.40. The number of hydrogen-bond acceptors (Lipinski definition) is 3. The second-order valence-electron chi connectivity index (χ2n) is 5.46. The zero-order chi connectivity index (χ0) is 16.1. The predicted molar refractivity (Wildman–Crippen MR) is 75.6 cm³/mol. The standard InChI is InChI=1S/C16H20F3NO2/c1-2-22-14(21)9-12-5-3-4-8-20(12)10-11-6-7-13(17)16(19)15(11)18/h6-7,12H,2-5,8-10H2,1H3/t12-/m0/s1. The zero-order valence-corrected chi connectivity index (χ0v) is 12.6. The van der Waals surface area contributed by atoms with Gasteiger partial charge in [0.2, 0.25) is 0 Å². The Kier molecular flexibility index (Phi) is 5.83. The molecule has 1 aromatic rings. The second-order valence-corrected chi connectivity index (χ2v) is 5.46. The van der Waals surface area contributed by atoms with Crippen molar-refractivity contribution in [1.82, 2.24) is 4.90 Å². The molecule has 6 heteroatoms. The minimum absolute atomic E-state index is 0.0553. The average Bonchev–Trinajstić information content (AvgIpc) is 2.50. The fourth-order valence-corrected chi connectivity index (χ4v) is 2.82. The Balaban J connectivity index is 2.08. The highest BCUT2D eigenvalue weighted by Gasteiger charge is 2.26. The summed E-state index contributed by atoms with van der Waals surface area (Å²) in [6.07, 6.45) is 2.97. The molecule has 0 amide bonds. The van der Waals surface area contributed by atoms with Crippen LogP contribution in [0.5, 0.6) is 0 Å². The molecule has 0 saturated carbocycles. The number of piperidine rings is 1. The first-order valence-corrected chi connectivity index (χ1v) is 7.55. The Bertz CT molecular complexity index is 536. The normalized spacial score (nSPS) is 19.2. The Hall–Kier alpha value is -1.56. The topological polar surface area (TPSA) is 29.5 Å². The third-order valence-electron chi connectivity index (χ3n) is 3.95. The van der Waals surface area contributed by atoms with Gasteiger partial charge in [0.1, 0.15) is 0 Å². The summed E-state index contributed by atoms with van der Waals surface area (Å²) in [5, 5.41) is 0. The predicted octanol–water partition coefficient (Wildman–Crippen LogP) is 3.41. The summed E-state index contributed by atoms with van der Waals surface area (Å²) in [6.45, 7) is 2.92. The van der Waals surface area contributed by atoms with Crippen molar-refractivity contribution in [3.8, 4) is 0 Å². The van der Waals surface area contributed by atoms with Crippen molar-refractivity contribution >= 4 is 5.97 Å². The lowest BCUT2D eigenvalue weighted by atomic mass is 9.98. The number of ether oxygens (including phenoxy) is 1. The number of nitrogens with zero attached hydrogens (tertiary/aromatic N) is 1. The molecule has 0 N–H and O–H groups in total. The van der Waals surface area contributed by atoms with Gasteiger partial charge in [-0.3, -0.25) is 9.69 Å². The van der Waals surface area contributed by atoms with Gasteiger partial charge in [0.25, 0.3) is 0 Å². The van der Waals surface area contributed by atoms with Crippen LogP contribution in [0, 0.1) is 17.5 Å². The summed E-state index contributed by atoms with van der Waals surface area (Å²) in [5.41, 5.74) is 0.106. The molecule has 1 aromatic carbocycles. The lowest BCUT2D eigenvalue weighted by molar-refractivity contribution is -0.145. The van der Waals surface area contributed by atoms with Crippen molar-refractivity contribution in [2.45, 2.75) is 45.2 Å². The van der Waals surface area contributed by atoms with E-state index in [-0.39, 0.29) is 30.5 Å². The molecule has 2 rings (SSSR count). The third kappa shape index (κ3) is 4.00. The molecular weight excluding hydrogens is 295 g/mol. The van der Waals surface area contributed by atoms with Gasteiger partial charge in [-0.15, -0.1) is 0 Å².